The number of aliphatic hydroxyl groups is 1. The van der Waals surface area contributed by atoms with Crippen LogP contribution in [-0.4, -0.2) is 29.3 Å². The lowest BCUT2D eigenvalue weighted by atomic mass is 10.1. The van der Waals surface area contributed by atoms with Crippen LogP contribution in [0.1, 0.15) is 5.56 Å². The van der Waals surface area contributed by atoms with Gasteiger partial charge in [-0.1, -0.05) is 18.2 Å². The fourth-order valence-corrected chi connectivity index (χ4v) is 2.83. The van der Waals surface area contributed by atoms with Crippen molar-refractivity contribution in [1.82, 2.24) is 4.57 Å². The highest BCUT2D eigenvalue weighted by Gasteiger charge is 2.10. The Hall–Kier alpha value is -3.12. The van der Waals surface area contributed by atoms with Crippen LogP contribution in [-0.2, 0) is 17.8 Å². The Morgan fingerprint density at radius 3 is 2.58 bits per heavy atom. The summed E-state index contributed by atoms with van der Waals surface area (Å²) in [5.74, 6) is 0.574. The van der Waals surface area contributed by atoms with Crippen molar-refractivity contribution in [3.8, 4) is 5.75 Å². The lowest BCUT2D eigenvalue weighted by Crippen LogP contribution is -2.21. The highest BCUT2D eigenvalue weighted by atomic mass is 16.5. The molecule has 3 rings (SSSR count). The van der Waals surface area contributed by atoms with Gasteiger partial charge in [-0.05, 0) is 35.9 Å². The lowest BCUT2D eigenvalue weighted by molar-refractivity contribution is -0.115. The molecule has 0 radical (unpaired) electrons. The summed E-state index contributed by atoms with van der Waals surface area (Å²) in [6, 6.07) is 14.3. The smallest absolute Gasteiger partial charge is 0.258 e. The first-order valence-electron chi connectivity index (χ1n) is 8.28. The predicted molar refractivity (Wildman–Crippen MR) is 101 cm³/mol. The second-order valence-corrected chi connectivity index (χ2v) is 5.88. The second-order valence-electron chi connectivity index (χ2n) is 5.88. The Balaban J connectivity index is 1.82. The van der Waals surface area contributed by atoms with Crippen molar-refractivity contribution in [3.63, 3.8) is 0 Å². The SMILES string of the molecule is COc1ccc(CC(=O)Nc2cccc3c(=O)n(CCO)ccc23)cc1. The molecule has 1 amide bonds. The van der Waals surface area contributed by atoms with Gasteiger partial charge in [0.05, 0.1) is 20.1 Å². The quantitative estimate of drug-likeness (QED) is 0.713. The van der Waals surface area contributed by atoms with Crippen LogP contribution in [0.5, 0.6) is 5.75 Å². The van der Waals surface area contributed by atoms with Gasteiger partial charge in [0.25, 0.3) is 5.56 Å². The fraction of sp³-hybridized carbons (Fsp3) is 0.200. The molecule has 0 bridgehead atoms. The number of aliphatic hydroxyl groups excluding tert-OH is 1. The van der Waals surface area contributed by atoms with E-state index in [1.807, 2.05) is 24.3 Å². The van der Waals surface area contributed by atoms with Crippen molar-refractivity contribution in [2.45, 2.75) is 13.0 Å². The third-order valence-electron chi connectivity index (χ3n) is 4.16. The molecule has 0 fully saturated rings. The maximum atomic E-state index is 12.4. The number of methoxy groups -OCH3 is 1. The fourth-order valence-electron chi connectivity index (χ4n) is 2.83. The number of carbonyl (C=O) groups is 1. The highest BCUT2D eigenvalue weighted by molar-refractivity contribution is 6.02. The minimum atomic E-state index is -0.192. The first-order chi connectivity index (χ1) is 12.6. The predicted octanol–water partition coefficient (Wildman–Crippen LogP) is 2.18. The third-order valence-corrected chi connectivity index (χ3v) is 4.16. The highest BCUT2D eigenvalue weighted by Crippen LogP contribution is 2.21. The number of nitrogens with one attached hydrogen (secondary N) is 1. The summed E-state index contributed by atoms with van der Waals surface area (Å²) in [6.45, 7) is 0.131. The van der Waals surface area contributed by atoms with Crippen LogP contribution in [0.3, 0.4) is 0 Å². The van der Waals surface area contributed by atoms with Gasteiger partial charge in [-0.2, -0.15) is 0 Å². The number of rotatable bonds is 6. The van der Waals surface area contributed by atoms with Gasteiger partial charge in [-0.15, -0.1) is 0 Å². The van der Waals surface area contributed by atoms with Gasteiger partial charge in [0, 0.05) is 29.2 Å². The molecular formula is C20H20N2O4. The number of aromatic nitrogens is 1. The zero-order valence-corrected chi connectivity index (χ0v) is 14.4. The van der Waals surface area contributed by atoms with Crippen molar-refractivity contribution < 1.29 is 14.6 Å². The number of nitrogens with zero attached hydrogens (tertiary/aromatic N) is 1. The molecule has 1 aromatic heterocycles. The molecule has 1 heterocycles. The standard InChI is InChI=1S/C20H20N2O4/c1-26-15-7-5-14(6-8-15)13-19(24)21-18-4-2-3-17-16(18)9-10-22(11-12-23)20(17)25/h2-10,23H,11-13H2,1H3,(H,21,24). The van der Waals surface area contributed by atoms with Gasteiger partial charge in [0.1, 0.15) is 5.75 Å². The van der Waals surface area contributed by atoms with Crippen LogP contribution in [0.4, 0.5) is 5.69 Å². The summed E-state index contributed by atoms with van der Waals surface area (Å²) >= 11 is 0. The van der Waals surface area contributed by atoms with E-state index in [1.54, 1.807) is 37.6 Å². The number of hydrogen-bond donors (Lipinski definition) is 2. The van der Waals surface area contributed by atoms with Gasteiger partial charge in [-0.25, -0.2) is 0 Å². The van der Waals surface area contributed by atoms with Gasteiger partial charge in [-0.3, -0.25) is 9.59 Å². The Kier molecular flexibility index (Phi) is 5.34. The molecule has 0 unspecified atom stereocenters. The molecule has 0 aliphatic rings. The maximum Gasteiger partial charge on any atom is 0.258 e. The monoisotopic (exact) mass is 352 g/mol. The van der Waals surface area contributed by atoms with E-state index in [0.717, 1.165) is 11.3 Å². The molecular weight excluding hydrogens is 332 g/mol. The summed E-state index contributed by atoms with van der Waals surface area (Å²) in [5.41, 5.74) is 1.27. The molecule has 0 aliphatic carbocycles. The number of hydrogen-bond acceptors (Lipinski definition) is 4. The number of anilines is 1. The number of amides is 1. The Morgan fingerprint density at radius 1 is 1.12 bits per heavy atom. The largest absolute Gasteiger partial charge is 0.497 e. The molecule has 2 aromatic carbocycles. The topological polar surface area (TPSA) is 80.6 Å². The van der Waals surface area contributed by atoms with E-state index in [-0.39, 0.29) is 31.0 Å². The Morgan fingerprint density at radius 2 is 1.88 bits per heavy atom. The summed E-state index contributed by atoms with van der Waals surface area (Å²) < 4.78 is 6.56. The molecule has 0 spiro atoms. The number of fused-ring (bicyclic) bond motifs is 1. The number of pyridine rings is 1. The minimum absolute atomic E-state index is 0.107. The van der Waals surface area contributed by atoms with Crippen molar-refractivity contribution in [1.29, 1.82) is 0 Å². The molecule has 0 saturated heterocycles. The first kappa shape index (κ1) is 17.7. The molecule has 2 N–H and O–H groups in total. The second kappa shape index (κ2) is 7.84. The van der Waals surface area contributed by atoms with Crippen LogP contribution >= 0.6 is 0 Å². The van der Waals surface area contributed by atoms with E-state index in [1.165, 1.54) is 4.57 Å². The number of ether oxygens (including phenoxy) is 1. The zero-order valence-electron chi connectivity index (χ0n) is 14.4. The van der Waals surface area contributed by atoms with E-state index in [4.69, 9.17) is 9.84 Å². The molecule has 6 heteroatoms. The molecule has 134 valence electrons. The van der Waals surface area contributed by atoms with Gasteiger partial charge in [0.15, 0.2) is 0 Å². The van der Waals surface area contributed by atoms with Crippen LogP contribution in [0.25, 0.3) is 10.8 Å². The number of benzene rings is 2. The zero-order chi connectivity index (χ0) is 18.5. The van der Waals surface area contributed by atoms with E-state index in [2.05, 4.69) is 5.32 Å². The molecule has 0 atom stereocenters. The minimum Gasteiger partial charge on any atom is -0.497 e. The Bertz CT molecular complexity index is 977. The third kappa shape index (κ3) is 3.75. The number of carbonyl (C=O) groups excluding carboxylic acids is 1. The van der Waals surface area contributed by atoms with Crippen LogP contribution < -0.4 is 15.6 Å². The average molecular weight is 352 g/mol. The molecule has 3 aromatic rings. The van der Waals surface area contributed by atoms with Gasteiger partial charge >= 0.3 is 0 Å². The maximum absolute atomic E-state index is 12.4. The van der Waals surface area contributed by atoms with Crippen molar-refractivity contribution in [2.24, 2.45) is 0 Å². The van der Waals surface area contributed by atoms with E-state index in [0.29, 0.717) is 16.5 Å². The molecule has 0 aliphatic heterocycles. The Labute approximate surface area is 150 Å². The average Bonchev–Trinajstić information content (AvgIpc) is 2.65. The summed E-state index contributed by atoms with van der Waals surface area (Å²) in [6.07, 6.45) is 1.85. The van der Waals surface area contributed by atoms with Crippen molar-refractivity contribution >= 4 is 22.4 Å². The van der Waals surface area contributed by atoms with Crippen LogP contribution in [0, 0.1) is 0 Å². The van der Waals surface area contributed by atoms with Crippen LogP contribution in [0.2, 0.25) is 0 Å². The molecule has 26 heavy (non-hydrogen) atoms. The molecule has 0 saturated carbocycles. The van der Waals surface area contributed by atoms with Gasteiger partial charge < -0.3 is 19.7 Å². The van der Waals surface area contributed by atoms with E-state index < -0.39 is 0 Å². The van der Waals surface area contributed by atoms with Crippen LogP contribution in [0.15, 0.2) is 59.5 Å². The van der Waals surface area contributed by atoms with E-state index >= 15 is 0 Å². The summed E-state index contributed by atoms with van der Waals surface area (Å²) in [5, 5.41) is 13.1. The van der Waals surface area contributed by atoms with Crippen molar-refractivity contribution in [2.75, 3.05) is 19.0 Å². The van der Waals surface area contributed by atoms with Gasteiger partial charge in [0.2, 0.25) is 5.91 Å². The first-order valence-corrected chi connectivity index (χ1v) is 8.28. The lowest BCUT2D eigenvalue weighted by Gasteiger charge is -2.11. The summed E-state index contributed by atoms with van der Waals surface area (Å²) in [4.78, 5) is 24.8. The molecule has 6 nitrogen and oxygen atoms in total. The normalized spacial score (nSPS) is 10.7. The van der Waals surface area contributed by atoms with E-state index in [9.17, 15) is 9.59 Å². The summed E-state index contributed by atoms with van der Waals surface area (Å²) in [7, 11) is 1.59. The van der Waals surface area contributed by atoms with Crippen molar-refractivity contribution in [3.05, 3.63) is 70.6 Å².